The van der Waals surface area contributed by atoms with Gasteiger partial charge in [-0.2, -0.15) is 0 Å². The molecule has 2 N–H and O–H groups in total. The summed E-state index contributed by atoms with van der Waals surface area (Å²) in [5.74, 6) is 0.0390. The maximum Gasteiger partial charge on any atom is 0.224 e. The molecule has 0 bridgehead atoms. The molecule has 0 aliphatic rings. The van der Waals surface area contributed by atoms with Gasteiger partial charge in [0.2, 0.25) is 5.91 Å². The normalized spacial score (nSPS) is 11.5. The third-order valence-corrected chi connectivity index (χ3v) is 2.69. The highest BCUT2D eigenvalue weighted by Gasteiger charge is 2.05. The first-order valence-electron chi connectivity index (χ1n) is 5.86. The molecule has 0 aliphatic carbocycles. The van der Waals surface area contributed by atoms with E-state index in [1.807, 2.05) is 26.0 Å². The number of nitrogens with one attached hydrogen (secondary N) is 2. The van der Waals surface area contributed by atoms with Crippen LogP contribution >= 0.6 is 24.0 Å². The molecule has 0 radical (unpaired) electrons. The molecule has 0 heterocycles. The molecule has 1 aromatic carbocycles. The molecule has 0 unspecified atom stereocenters. The van der Waals surface area contributed by atoms with Gasteiger partial charge in [-0.05, 0) is 31.2 Å². The third-order valence-electron chi connectivity index (χ3n) is 2.44. The first kappa shape index (κ1) is 17.2. The van der Waals surface area contributed by atoms with Crippen molar-refractivity contribution in [1.82, 2.24) is 10.6 Å². The Hall–Kier alpha value is -0.770. The first-order valence-corrected chi connectivity index (χ1v) is 6.24. The Morgan fingerprint density at radius 1 is 1.33 bits per heavy atom. The van der Waals surface area contributed by atoms with E-state index in [1.165, 1.54) is 0 Å². The van der Waals surface area contributed by atoms with Gasteiger partial charge in [-0.15, -0.1) is 12.4 Å². The van der Waals surface area contributed by atoms with E-state index in [2.05, 4.69) is 10.6 Å². The Bertz CT molecular complexity index is 355. The highest BCUT2D eigenvalue weighted by atomic mass is 35.5. The van der Waals surface area contributed by atoms with Crippen molar-refractivity contribution in [2.75, 3.05) is 13.1 Å². The van der Waals surface area contributed by atoms with Crippen LogP contribution < -0.4 is 10.6 Å². The molecule has 0 saturated heterocycles. The fourth-order valence-corrected chi connectivity index (χ4v) is 1.66. The van der Waals surface area contributed by atoms with E-state index in [4.69, 9.17) is 11.6 Å². The van der Waals surface area contributed by atoms with E-state index in [0.29, 0.717) is 24.0 Å². The second-order valence-corrected chi connectivity index (χ2v) is 4.50. The average Bonchev–Trinajstić information content (AvgIpc) is 2.30. The van der Waals surface area contributed by atoms with Crippen LogP contribution in [0.25, 0.3) is 0 Å². The smallest absolute Gasteiger partial charge is 0.224 e. The minimum Gasteiger partial charge on any atom is -0.354 e. The number of carbonyl (C=O) groups is 1. The van der Waals surface area contributed by atoms with E-state index in [9.17, 15) is 4.79 Å². The Balaban J connectivity index is 0.00000289. The summed E-state index contributed by atoms with van der Waals surface area (Å²) in [6.45, 7) is 5.66. The van der Waals surface area contributed by atoms with Gasteiger partial charge in [-0.1, -0.05) is 30.7 Å². The molecule has 0 fully saturated rings. The number of benzene rings is 1. The van der Waals surface area contributed by atoms with E-state index < -0.39 is 0 Å². The van der Waals surface area contributed by atoms with Gasteiger partial charge < -0.3 is 10.6 Å². The molecule has 0 aliphatic heterocycles. The van der Waals surface area contributed by atoms with E-state index in [1.54, 1.807) is 12.1 Å². The molecule has 0 saturated carbocycles. The summed E-state index contributed by atoms with van der Waals surface area (Å²) in [6.07, 6.45) is 0.399. The zero-order chi connectivity index (χ0) is 12.7. The summed E-state index contributed by atoms with van der Waals surface area (Å²) < 4.78 is 0. The fourth-order valence-electron chi connectivity index (χ4n) is 1.54. The molecule has 5 heteroatoms. The number of amides is 1. The summed E-state index contributed by atoms with van der Waals surface area (Å²) >= 11 is 5.78. The van der Waals surface area contributed by atoms with Crippen LogP contribution in [0.3, 0.4) is 0 Å². The van der Waals surface area contributed by atoms with Crippen molar-refractivity contribution in [3.63, 3.8) is 0 Å². The predicted octanol–water partition coefficient (Wildman–Crippen LogP) is 2.42. The van der Waals surface area contributed by atoms with Gasteiger partial charge in [0.25, 0.3) is 0 Å². The zero-order valence-electron chi connectivity index (χ0n) is 10.7. The molecule has 18 heavy (non-hydrogen) atoms. The summed E-state index contributed by atoms with van der Waals surface area (Å²) in [5, 5.41) is 6.83. The monoisotopic (exact) mass is 290 g/mol. The number of hydrogen-bond acceptors (Lipinski definition) is 2. The lowest BCUT2D eigenvalue weighted by molar-refractivity contribution is -0.120. The molecule has 102 valence electrons. The lowest BCUT2D eigenvalue weighted by Gasteiger charge is -2.13. The van der Waals surface area contributed by atoms with Crippen LogP contribution in [0.15, 0.2) is 24.3 Å². The summed E-state index contributed by atoms with van der Waals surface area (Å²) in [7, 11) is 0. The minimum absolute atomic E-state index is 0. The van der Waals surface area contributed by atoms with Crippen molar-refractivity contribution >= 4 is 29.9 Å². The average molecular weight is 291 g/mol. The standard InChI is InChI=1S/C13H19ClN2O.ClH/c1-3-15-10(2)9-16-13(17)8-11-4-6-12(14)7-5-11;/h4-7,10,15H,3,8-9H2,1-2H3,(H,16,17);1H/t10-;/m1./s1. The number of halogens is 2. The Morgan fingerprint density at radius 3 is 2.50 bits per heavy atom. The van der Waals surface area contributed by atoms with Crippen molar-refractivity contribution in [3.05, 3.63) is 34.9 Å². The highest BCUT2D eigenvalue weighted by molar-refractivity contribution is 6.30. The van der Waals surface area contributed by atoms with E-state index in [-0.39, 0.29) is 18.3 Å². The number of hydrogen-bond donors (Lipinski definition) is 2. The Kier molecular flexibility index (Phi) is 8.81. The fraction of sp³-hybridized carbons (Fsp3) is 0.462. The maximum atomic E-state index is 11.6. The SMILES string of the molecule is CCN[C@H](C)CNC(=O)Cc1ccc(Cl)cc1.Cl. The van der Waals surface area contributed by atoms with Crippen LogP contribution in [0, 0.1) is 0 Å². The minimum atomic E-state index is 0. The first-order chi connectivity index (χ1) is 8.11. The van der Waals surface area contributed by atoms with Crippen LogP contribution in [-0.4, -0.2) is 25.0 Å². The van der Waals surface area contributed by atoms with Crippen LogP contribution in [0.4, 0.5) is 0 Å². The summed E-state index contributed by atoms with van der Waals surface area (Å²) in [4.78, 5) is 11.6. The third kappa shape index (κ3) is 6.84. The maximum absolute atomic E-state index is 11.6. The molecule has 1 atom stereocenters. The molecule has 0 spiro atoms. The Labute approximate surface area is 120 Å². The van der Waals surface area contributed by atoms with Gasteiger partial charge in [0.05, 0.1) is 6.42 Å². The van der Waals surface area contributed by atoms with Crippen molar-refractivity contribution in [3.8, 4) is 0 Å². The van der Waals surface area contributed by atoms with Gasteiger partial charge in [-0.3, -0.25) is 4.79 Å². The summed E-state index contributed by atoms with van der Waals surface area (Å²) in [6, 6.07) is 7.64. The quantitative estimate of drug-likeness (QED) is 0.845. The lowest BCUT2D eigenvalue weighted by atomic mass is 10.1. The van der Waals surface area contributed by atoms with Gasteiger partial charge in [-0.25, -0.2) is 0 Å². The number of carbonyl (C=O) groups excluding carboxylic acids is 1. The molecular weight excluding hydrogens is 271 g/mol. The van der Waals surface area contributed by atoms with E-state index in [0.717, 1.165) is 12.1 Å². The van der Waals surface area contributed by atoms with Crippen molar-refractivity contribution in [2.45, 2.75) is 26.3 Å². The topological polar surface area (TPSA) is 41.1 Å². The molecule has 1 amide bonds. The van der Waals surface area contributed by atoms with Crippen LogP contribution in [0.2, 0.25) is 5.02 Å². The van der Waals surface area contributed by atoms with E-state index >= 15 is 0 Å². The van der Waals surface area contributed by atoms with Crippen molar-refractivity contribution in [1.29, 1.82) is 0 Å². The second-order valence-electron chi connectivity index (χ2n) is 4.07. The molecule has 1 aromatic rings. The highest BCUT2D eigenvalue weighted by Crippen LogP contribution is 2.09. The number of likely N-dealkylation sites (N-methyl/N-ethyl adjacent to an activating group) is 1. The zero-order valence-corrected chi connectivity index (χ0v) is 12.3. The molecule has 3 nitrogen and oxygen atoms in total. The predicted molar refractivity (Wildman–Crippen MR) is 78.6 cm³/mol. The number of rotatable bonds is 6. The summed E-state index contributed by atoms with van der Waals surface area (Å²) in [5.41, 5.74) is 0.975. The van der Waals surface area contributed by atoms with Crippen molar-refractivity contribution < 1.29 is 4.79 Å². The lowest BCUT2D eigenvalue weighted by Crippen LogP contribution is -2.39. The molecule has 0 aromatic heterocycles. The van der Waals surface area contributed by atoms with Crippen LogP contribution in [-0.2, 0) is 11.2 Å². The van der Waals surface area contributed by atoms with Gasteiger partial charge >= 0.3 is 0 Å². The second kappa shape index (κ2) is 9.20. The van der Waals surface area contributed by atoms with Gasteiger partial charge in [0.1, 0.15) is 0 Å². The molecular formula is C13H20Cl2N2O. The van der Waals surface area contributed by atoms with Crippen molar-refractivity contribution in [2.24, 2.45) is 0 Å². The van der Waals surface area contributed by atoms with Crippen LogP contribution in [0.5, 0.6) is 0 Å². The van der Waals surface area contributed by atoms with Gasteiger partial charge in [0, 0.05) is 17.6 Å². The van der Waals surface area contributed by atoms with Gasteiger partial charge in [0.15, 0.2) is 0 Å². The van der Waals surface area contributed by atoms with Crippen LogP contribution in [0.1, 0.15) is 19.4 Å². The molecule has 1 rings (SSSR count). The Morgan fingerprint density at radius 2 is 1.94 bits per heavy atom. The largest absolute Gasteiger partial charge is 0.354 e.